The topological polar surface area (TPSA) is 38.0 Å². The molecule has 0 spiro atoms. The van der Waals surface area contributed by atoms with Gasteiger partial charge in [0.05, 0.1) is 12.3 Å². The molecule has 0 aliphatic carbocycles. The lowest BCUT2D eigenvalue weighted by atomic mass is 10.1. The summed E-state index contributed by atoms with van der Waals surface area (Å²) in [5.41, 5.74) is 0.912. The Balaban J connectivity index is 1.99. The number of hydrogen-bond acceptors (Lipinski definition) is 3. The fraction of sp³-hybridized carbons (Fsp3) is 0.500. The summed E-state index contributed by atoms with van der Waals surface area (Å²) in [6.07, 6.45) is 6.08. The van der Waals surface area contributed by atoms with E-state index >= 15 is 0 Å². The number of aliphatic hydroxyl groups excluding tert-OH is 1. The van der Waals surface area contributed by atoms with Crippen LogP contribution in [0, 0.1) is 0 Å². The Morgan fingerprint density at radius 3 is 2.78 bits per heavy atom. The minimum Gasteiger partial charge on any atom is -0.388 e. The van der Waals surface area contributed by atoms with Crippen LogP contribution in [0.1, 0.15) is 41.7 Å². The van der Waals surface area contributed by atoms with Crippen LogP contribution in [0.15, 0.2) is 24.5 Å². The van der Waals surface area contributed by atoms with Gasteiger partial charge in [0.2, 0.25) is 0 Å². The Morgan fingerprint density at radius 2 is 2.11 bits per heavy atom. The molecule has 0 aliphatic heterocycles. The highest BCUT2D eigenvalue weighted by molar-refractivity contribution is 7.11. The first-order valence-corrected chi connectivity index (χ1v) is 7.32. The van der Waals surface area contributed by atoms with E-state index in [0.717, 1.165) is 24.9 Å². The molecule has 2 heterocycles. The van der Waals surface area contributed by atoms with Gasteiger partial charge >= 0.3 is 0 Å². The van der Waals surface area contributed by atoms with Crippen molar-refractivity contribution in [1.82, 2.24) is 9.78 Å². The Bertz CT molecular complexity index is 489. The fourth-order valence-electron chi connectivity index (χ4n) is 1.93. The first-order valence-electron chi connectivity index (χ1n) is 6.51. The lowest BCUT2D eigenvalue weighted by Gasteiger charge is -2.06. The molecule has 0 saturated heterocycles. The lowest BCUT2D eigenvalue weighted by Crippen LogP contribution is -2.00. The standard InChI is InChI=1S/C14H20N2OS/c1-3-7-16-10-11(9-15-16)14(17)8-13-6-5-12(4-2)18-13/h5-6,9-10,14,17H,3-4,7-8H2,1-2H3. The van der Waals surface area contributed by atoms with Gasteiger partial charge in [0, 0.05) is 34.5 Å². The van der Waals surface area contributed by atoms with E-state index in [9.17, 15) is 5.11 Å². The summed E-state index contributed by atoms with van der Waals surface area (Å²) >= 11 is 1.79. The molecule has 2 rings (SSSR count). The normalized spacial score (nSPS) is 12.8. The predicted octanol–water partition coefficient (Wildman–Crippen LogP) is 3.19. The number of rotatable bonds is 6. The van der Waals surface area contributed by atoms with Gasteiger partial charge in [-0.15, -0.1) is 11.3 Å². The first-order chi connectivity index (χ1) is 8.72. The van der Waals surface area contributed by atoms with Crippen LogP contribution in [0.2, 0.25) is 0 Å². The SMILES string of the molecule is CCCn1cc(C(O)Cc2ccc(CC)s2)cn1. The molecule has 1 unspecified atom stereocenters. The van der Waals surface area contributed by atoms with Crippen molar-refractivity contribution in [3.8, 4) is 0 Å². The van der Waals surface area contributed by atoms with E-state index in [-0.39, 0.29) is 0 Å². The molecule has 0 aliphatic rings. The molecule has 2 aromatic heterocycles. The van der Waals surface area contributed by atoms with E-state index in [4.69, 9.17) is 0 Å². The second-order valence-electron chi connectivity index (χ2n) is 4.48. The molecule has 18 heavy (non-hydrogen) atoms. The van der Waals surface area contributed by atoms with Crippen LogP contribution in [-0.2, 0) is 19.4 Å². The van der Waals surface area contributed by atoms with E-state index in [1.165, 1.54) is 9.75 Å². The Hall–Kier alpha value is -1.13. The average Bonchev–Trinajstić information content (AvgIpc) is 2.98. The third kappa shape index (κ3) is 3.21. The molecule has 0 bridgehead atoms. The van der Waals surface area contributed by atoms with Crippen molar-refractivity contribution < 1.29 is 5.11 Å². The van der Waals surface area contributed by atoms with E-state index in [1.54, 1.807) is 17.5 Å². The maximum Gasteiger partial charge on any atom is 0.0868 e. The number of thiophene rings is 1. The quantitative estimate of drug-likeness (QED) is 0.870. The van der Waals surface area contributed by atoms with Crippen LogP contribution < -0.4 is 0 Å². The van der Waals surface area contributed by atoms with Gasteiger partial charge in [-0.2, -0.15) is 5.10 Å². The second-order valence-corrected chi connectivity index (χ2v) is 5.73. The number of aliphatic hydroxyl groups is 1. The van der Waals surface area contributed by atoms with Crippen molar-refractivity contribution in [2.24, 2.45) is 0 Å². The zero-order valence-corrected chi connectivity index (χ0v) is 11.8. The number of aryl methyl sites for hydroxylation is 2. The summed E-state index contributed by atoms with van der Waals surface area (Å²) in [5, 5.41) is 14.4. The second kappa shape index (κ2) is 6.16. The maximum atomic E-state index is 10.2. The molecule has 2 aromatic rings. The van der Waals surface area contributed by atoms with E-state index in [0.29, 0.717) is 6.42 Å². The Kier molecular flexibility index (Phi) is 4.55. The molecule has 0 amide bonds. The fourth-order valence-corrected chi connectivity index (χ4v) is 2.93. The van der Waals surface area contributed by atoms with Gasteiger partial charge in [-0.05, 0) is 25.0 Å². The van der Waals surface area contributed by atoms with E-state index in [2.05, 4.69) is 31.1 Å². The smallest absolute Gasteiger partial charge is 0.0868 e. The molecule has 0 fully saturated rings. The number of hydrogen-bond donors (Lipinski definition) is 1. The maximum absolute atomic E-state index is 10.2. The highest BCUT2D eigenvalue weighted by Crippen LogP contribution is 2.23. The Morgan fingerprint density at radius 1 is 1.33 bits per heavy atom. The van der Waals surface area contributed by atoms with Crippen LogP contribution >= 0.6 is 11.3 Å². The molecule has 4 heteroatoms. The zero-order valence-electron chi connectivity index (χ0n) is 11.0. The molecule has 1 atom stereocenters. The minimum atomic E-state index is -0.445. The first kappa shape index (κ1) is 13.3. The monoisotopic (exact) mass is 264 g/mol. The molecule has 1 N–H and O–H groups in total. The zero-order chi connectivity index (χ0) is 13.0. The minimum absolute atomic E-state index is 0.445. The molecule has 98 valence electrons. The summed E-state index contributed by atoms with van der Waals surface area (Å²) < 4.78 is 1.89. The van der Waals surface area contributed by atoms with Crippen LogP contribution in [0.5, 0.6) is 0 Å². The summed E-state index contributed by atoms with van der Waals surface area (Å²) in [4.78, 5) is 2.61. The van der Waals surface area contributed by atoms with Gasteiger partial charge in [-0.1, -0.05) is 13.8 Å². The summed E-state index contributed by atoms with van der Waals surface area (Å²) in [7, 11) is 0. The molecule has 0 aromatic carbocycles. The van der Waals surface area contributed by atoms with Crippen LogP contribution in [-0.4, -0.2) is 14.9 Å². The van der Waals surface area contributed by atoms with Crippen molar-refractivity contribution in [1.29, 1.82) is 0 Å². The predicted molar refractivity (Wildman–Crippen MR) is 74.9 cm³/mol. The average molecular weight is 264 g/mol. The summed E-state index contributed by atoms with van der Waals surface area (Å²) in [6.45, 7) is 5.18. The van der Waals surface area contributed by atoms with Crippen LogP contribution in [0.3, 0.4) is 0 Å². The van der Waals surface area contributed by atoms with Crippen molar-refractivity contribution in [3.05, 3.63) is 39.8 Å². The molecular formula is C14H20N2OS. The molecule has 3 nitrogen and oxygen atoms in total. The van der Waals surface area contributed by atoms with Gasteiger partial charge in [-0.25, -0.2) is 0 Å². The van der Waals surface area contributed by atoms with Crippen molar-refractivity contribution in [3.63, 3.8) is 0 Å². The van der Waals surface area contributed by atoms with Crippen molar-refractivity contribution in [2.75, 3.05) is 0 Å². The highest BCUT2D eigenvalue weighted by atomic mass is 32.1. The van der Waals surface area contributed by atoms with Gasteiger partial charge in [0.1, 0.15) is 0 Å². The van der Waals surface area contributed by atoms with Crippen LogP contribution in [0.25, 0.3) is 0 Å². The largest absolute Gasteiger partial charge is 0.388 e. The Labute approximate surface area is 112 Å². The number of nitrogens with zero attached hydrogens (tertiary/aromatic N) is 2. The van der Waals surface area contributed by atoms with Crippen LogP contribution in [0.4, 0.5) is 0 Å². The van der Waals surface area contributed by atoms with Gasteiger partial charge in [0.15, 0.2) is 0 Å². The molecular weight excluding hydrogens is 244 g/mol. The molecule has 0 saturated carbocycles. The lowest BCUT2D eigenvalue weighted by molar-refractivity contribution is 0.179. The molecule has 0 radical (unpaired) electrons. The van der Waals surface area contributed by atoms with Gasteiger partial charge in [-0.3, -0.25) is 4.68 Å². The third-order valence-corrected chi connectivity index (χ3v) is 4.20. The third-order valence-electron chi connectivity index (χ3n) is 2.95. The highest BCUT2D eigenvalue weighted by Gasteiger charge is 2.12. The van der Waals surface area contributed by atoms with E-state index in [1.807, 2.05) is 10.9 Å². The number of aromatic nitrogens is 2. The summed E-state index contributed by atoms with van der Waals surface area (Å²) in [5.74, 6) is 0. The van der Waals surface area contributed by atoms with Crippen molar-refractivity contribution >= 4 is 11.3 Å². The van der Waals surface area contributed by atoms with Gasteiger partial charge in [0.25, 0.3) is 0 Å². The van der Waals surface area contributed by atoms with Crippen molar-refractivity contribution in [2.45, 2.75) is 45.8 Å². The summed E-state index contributed by atoms with van der Waals surface area (Å²) in [6, 6.07) is 4.26. The van der Waals surface area contributed by atoms with E-state index < -0.39 is 6.10 Å². The van der Waals surface area contributed by atoms with Gasteiger partial charge < -0.3 is 5.11 Å².